The zero-order valence-corrected chi connectivity index (χ0v) is 15.8. The van der Waals surface area contributed by atoms with E-state index < -0.39 is 10.2 Å². The monoisotopic (exact) mass is 418 g/mol. The maximum absolute atomic E-state index is 12.7. The van der Waals surface area contributed by atoms with Gasteiger partial charge >= 0.3 is 11.9 Å². The predicted molar refractivity (Wildman–Crippen MR) is 95.6 cm³/mol. The van der Waals surface area contributed by atoms with Crippen molar-refractivity contribution in [1.82, 2.24) is 0 Å². The Balaban J connectivity index is 1.70. The number of fused-ring (bicyclic) bond motifs is 1. The molecular weight excluding hydrogens is 400 g/mol. The number of carbonyl (C=O) groups excluding carboxylic acids is 2. The maximum atomic E-state index is 12.7. The Kier molecular flexibility index (Phi) is 3.60. The summed E-state index contributed by atoms with van der Waals surface area (Å²) in [5.74, 6) is -1.02. The first-order valence-electron chi connectivity index (χ1n) is 8.91. The second-order valence-corrected chi connectivity index (χ2v) is 8.83. The van der Waals surface area contributed by atoms with E-state index in [0.29, 0.717) is 13.0 Å². The minimum absolute atomic E-state index is 0.00720. The molecular formula is C20H19BrO5. The van der Waals surface area contributed by atoms with Crippen LogP contribution in [0.5, 0.6) is 0 Å². The maximum Gasteiger partial charge on any atom is 0.326 e. The van der Waals surface area contributed by atoms with Crippen molar-refractivity contribution >= 4 is 27.9 Å². The fourth-order valence-corrected chi connectivity index (χ4v) is 6.41. The van der Waals surface area contributed by atoms with Crippen LogP contribution in [-0.4, -0.2) is 42.2 Å². The summed E-state index contributed by atoms with van der Waals surface area (Å²) in [4.78, 5) is 25.3. The summed E-state index contributed by atoms with van der Waals surface area (Å²) in [6.45, 7) is 0.521. The molecule has 26 heavy (non-hydrogen) atoms. The molecule has 3 aliphatic heterocycles. The summed E-state index contributed by atoms with van der Waals surface area (Å²) >= 11 is 3.71. The van der Waals surface area contributed by atoms with Crippen LogP contribution in [0.3, 0.4) is 0 Å². The lowest BCUT2D eigenvalue weighted by molar-refractivity contribution is -0.198. The van der Waals surface area contributed by atoms with Gasteiger partial charge in [-0.1, -0.05) is 52.3 Å². The third kappa shape index (κ3) is 2.00. The number of esters is 2. The Morgan fingerprint density at radius 1 is 1.31 bits per heavy atom. The summed E-state index contributed by atoms with van der Waals surface area (Å²) in [6.07, 6.45) is 2.15. The first-order valence-corrected chi connectivity index (χ1v) is 9.71. The van der Waals surface area contributed by atoms with Crippen molar-refractivity contribution in [3.63, 3.8) is 0 Å². The second kappa shape index (κ2) is 5.67. The van der Waals surface area contributed by atoms with Crippen molar-refractivity contribution in [3.8, 4) is 0 Å². The van der Waals surface area contributed by atoms with Crippen molar-refractivity contribution in [2.24, 2.45) is 17.8 Å². The summed E-state index contributed by atoms with van der Waals surface area (Å²) in [6, 6.07) is 9.97. The lowest BCUT2D eigenvalue weighted by Gasteiger charge is -2.61. The van der Waals surface area contributed by atoms with Crippen molar-refractivity contribution in [2.75, 3.05) is 13.7 Å². The van der Waals surface area contributed by atoms with Crippen LogP contribution in [0.15, 0.2) is 42.0 Å². The number of methoxy groups -OCH3 is 1. The molecule has 0 amide bonds. The molecule has 0 radical (unpaired) electrons. The van der Waals surface area contributed by atoms with Gasteiger partial charge in [0, 0.05) is 18.3 Å². The van der Waals surface area contributed by atoms with E-state index in [9.17, 15) is 9.59 Å². The molecule has 3 saturated heterocycles. The van der Waals surface area contributed by atoms with Gasteiger partial charge in [-0.05, 0) is 17.1 Å². The van der Waals surface area contributed by atoms with E-state index in [1.165, 1.54) is 7.11 Å². The molecule has 1 saturated carbocycles. The minimum Gasteiger partial charge on any atom is -0.469 e. The highest BCUT2D eigenvalue weighted by molar-refractivity contribution is 9.10. The normalized spacial score (nSPS) is 42.7. The van der Waals surface area contributed by atoms with Crippen molar-refractivity contribution < 1.29 is 23.8 Å². The Hall–Kier alpha value is -1.66. The van der Waals surface area contributed by atoms with Crippen LogP contribution in [0.4, 0.5) is 0 Å². The number of alkyl halides is 1. The molecule has 0 aromatic heterocycles. The molecule has 3 heterocycles. The molecule has 7 atom stereocenters. The Bertz CT molecular complexity index is 806. The van der Waals surface area contributed by atoms with Gasteiger partial charge in [-0.2, -0.15) is 0 Å². The van der Waals surface area contributed by atoms with Gasteiger partial charge in [0.1, 0.15) is 6.10 Å². The fraction of sp³-hybridized carbons (Fsp3) is 0.500. The summed E-state index contributed by atoms with van der Waals surface area (Å²) < 4.78 is 16.0. The third-order valence-corrected chi connectivity index (χ3v) is 7.77. The standard InChI is InChI=1S/C20H19BrO5/c1-24-18(22)12-7-11-14-8-15-20(21,19(23)26-14)17(11)13(9-25-15)16(12)10-5-3-2-4-6-10/h2-7,12-17H,8-9H2,1H3/t12-,13?,14-,15-,16+,17-,20-/m0/s1. The van der Waals surface area contributed by atoms with Crippen LogP contribution in [-0.2, 0) is 23.8 Å². The molecule has 1 unspecified atom stereocenters. The highest BCUT2D eigenvalue weighted by Crippen LogP contribution is 2.62. The molecule has 0 N–H and O–H groups in total. The number of rotatable bonds is 2. The van der Waals surface area contributed by atoms with Gasteiger partial charge in [-0.15, -0.1) is 0 Å². The lowest BCUT2D eigenvalue weighted by Crippen LogP contribution is -2.70. The molecule has 6 heteroatoms. The summed E-state index contributed by atoms with van der Waals surface area (Å²) in [5, 5.41) is 0. The van der Waals surface area contributed by atoms with Crippen molar-refractivity contribution in [2.45, 2.75) is 28.9 Å². The number of hydrogen-bond acceptors (Lipinski definition) is 5. The zero-order valence-electron chi connectivity index (χ0n) is 14.3. The van der Waals surface area contributed by atoms with E-state index in [4.69, 9.17) is 14.2 Å². The number of halogens is 1. The summed E-state index contributed by atoms with van der Waals surface area (Å²) in [7, 11) is 1.42. The molecule has 4 bridgehead atoms. The molecule has 5 nitrogen and oxygen atoms in total. The van der Waals surface area contributed by atoms with E-state index in [0.717, 1.165) is 11.1 Å². The van der Waals surface area contributed by atoms with Crippen molar-refractivity contribution in [1.29, 1.82) is 0 Å². The van der Waals surface area contributed by atoms with Gasteiger partial charge in [-0.25, -0.2) is 0 Å². The fourth-order valence-electron chi connectivity index (χ4n) is 5.39. The lowest BCUT2D eigenvalue weighted by atomic mass is 9.54. The molecule has 5 aliphatic rings. The van der Waals surface area contributed by atoms with Crippen LogP contribution in [0.2, 0.25) is 0 Å². The van der Waals surface area contributed by atoms with Crippen LogP contribution >= 0.6 is 15.9 Å². The van der Waals surface area contributed by atoms with E-state index in [1.807, 2.05) is 36.4 Å². The van der Waals surface area contributed by atoms with E-state index in [-0.39, 0.29) is 41.9 Å². The Labute approximate surface area is 159 Å². The average Bonchev–Trinajstić information content (AvgIpc) is 2.66. The molecule has 6 rings (SSSR count). The molecule has 0 spiro atoms. The predicted octanol–water partition coefficient (Wildman–Crippen LogP) is 2.59. The number of hydrogen-bond donors (Lipinski definition) is 0. The largest absolute Gasteiger partial charge is 0.469 e. The molecule has 1 aromatic carbocycles. The number of benzene rings is 1. The van der Waals surface area contributed by atoms with Gasteiger partial charge in [0.15, 0.2) is 4.32 Å². The van der Waals surface area contributed by atoms with Gasteiger partial charge < -0.3 is 14.2 Å². The van der Waals surface area contributed by atoms with Crippen LogP contribution in [0.1, 0.15) is 17.9 Å². The molecule has 136 valence electrons. The van der Waals surface area contributed by atoms with Gasteiger partial charge in [0.05, 0.1) is 25.7 Å². The topological polar surface area (TPSA) is 61.8 Å². The van der Waals surface area contributed by atoms with E-state index in [2.05, 4.69) is 15.9 Å². The zero-order chi connectivity index (χ0) is 18.1. The van der Waals surface area contributed by atoms with Crippen molar-refractivity contribution in [3.05, 3.63) is 47.5 Å². The summed E-state index contributed by atoms with van der Waals surface area (Å²) in [5.41, 5.74) is 2.12. The van der Waals surface area contributed by atoms with Gasteiger partial charge in [0.2, 0.25) is 0 Å². The highest BCUT2D eigenvalue weighted by Gasteiger charge is 2.69. The first kappa shape index (κ1) is 16.5. The van der Waals surface area contributed by atoms with Crippen LogP contribution in [0.25, 0.3) is 0 Å². The van der Waals surface area contributed by atoms with Crippen LogP contribution in [0, 0.1) is 17.8 Å². The van der Waals surface area contributed by atoms with Crippen LogP contribution < -0.4 is 0 Å². The molecule has 2 aliphatic carbocycles. The third-order valence-electron chi connectivity index (χ3n) is 6.44. The highest BCUT2D eigenvalue weighted by atomic mass is 79.9. The molecule has 1 aromatic rings. The Morgan fingerprint density at radius 3 is 2.81 bits per heavy atom. The first-order chi connectivity index (χ1) is 12.6. The quantitative estimate of drug-likeness (QED) is 0.419. The number of carbonyl (C=O) groups is 2. The van der Waals surface area contributed by atoms with E-state index in [1.54, 1.807) is 0 Å². The SMILES string of the molecule is COC(=O)[C@H]1C=C2[C@@H]3C[C@@H]4OCC([C@@H]1c1ccccc1)[C@H]2[C@]4(Br)C(=O)O3. The smallest absolute Gasteiger partial charge is 0.326 e. The second-order valence-electron chi connectivity index (χ2n) is 7.51. The van der Waals surface area contributed by atoms with E-state index >= 15 is 0 Å². The Morgan fingerprint density at radius 2 is 2.08 bits per heavy atom. The minimum atomic E-state index is -0.857. The molecule has 4 fully saturated rings. The van der Waals surface area contributed by atoms with Gasteiger partial charge in [-0.3, -0.25) is 9.59 Å². The average molecular weight is 419 g/mol. The number of ether oxygens (including phenoxy) is 3. The van der Waals surface area contributed by atoms with Gasteiger partial charge in [0.25, 0.3) is 0 Å².